The molecule has 8 aromatic carbocycles. The van der Waals surface area contributed by atoms with Crippen LogP contribution in [0.25, 0.3) is 90.1 Å². The number of alkyl halides is 12. The number of halogens is 24. The van der Waals surface area contributed by atoms with Crippen molar-refractivity contribution < 1.29 is 84.5 Å². The second-order valence-electron chi connectivity index (χ2n) is 22.8. The van der Waals surface area contributed by atoms with Crippen molar-refractivity contribution in [1.82, 2.24) is 58.2 Å². The Labute approximate surface area is 728 Å². The van der Waals surface area contributed by atoms with E-state index < -0.39 is 45.1 Å². The maximum atomic E-state index is 9.87. The molecule has 0 unspecified atom stereocenters. The van der Waals surface area contributed by atoms with Crippen LogP contribution < -0.4 is 0 Å². The Bertz CT molecular complexity index is 4570. The predicted octanol–water partition coefficient (Wildman–Crippen LogP) is 29.9. The number of aromatic nitrogens is 12. The molecule has 14 rings (SSSR count). The van der Waals surface area contributed by atoms with E-state index in [0.29, 0.717) is 0 Å². The molecule has 6 aromatic heterocycles. The molecule has 0 radical (unpaired) electrons. The minimum absolute atomic E-state index is 0. The standard InChI is InChI=1S/2C35H28N6.4CHCl3.2Cu.2F6P/c2*1-39-23-22-36-34(39)35(40-32(28-18-10-4-11-19-28)24-30(37-40)26-14-6-2-7-15-26)41-33(29-20-12-5-13-21-29)25-31(38-41)27-16-8-3-9-17-27;4*2-1(3)4;;;2*1-7(2,3,4,5)6/h2*2-25,35H,1H3;4*1H;;;;/q;;;;;;2*+1;2*-1. The van der Waals surface area contributed by atoms with E-state index in [0.717, 1.165) is 102 Å². The molecular formula is C74H60Cl12Cu2F12N12P2. The van der Waals surface area contributed by atoms with E-state index in [-0.39, 0.29) is 34.1 Å². The maximum Gasteiger partial charge on any atom is 1.00 e. The number of imidazole rings is 2. The molecule has 14 aromatic rings. The summed E-state index contributed by atoms with van der Waals surface area (Å²) in [5.41, 5.74) is 16.0. The van der Waals surface area contributed by atoms with Gasteiger partial charge in [-0.3, -0.25) is 0 Å². The molecular weight excluding hydrogens is 1900 g/mol. The van der Waals surface area contributed by atoms with Gasteiger partial charge in [0.25, 0.3) is 0 Å². The third-order valence-electron chi connectivity index (χ3n) is 14.6. The van der Waals surface area contributed by atoms with Gasteiger partial charge in [0.1, 0.15) is 0 Å². The van der Waals surface area contributed by atoms with Gasteiger partial charge in [-0.25, -0.2) is 28.7 Å². The molecule has 0 saturated heterocycles. The number of rotatable bonds is 14. The Morgan fingerprint density at radius 1 is 0.254 bits per heavy atom. The van der Waals surface area contributed by atoms with E-state index in [4.69, 9.17) is 170 Å². The van der Waals surface area contributed by atoms with Gasteiger partial charge in [-0.1, -0.05) is 382 Å². The van der Waals surface area contributed by atoms with Crippen LogP contribution in [-0.4, -0.2) is 75.4 Å². The van der Waals surface area contributed by atoms with E-state index in [9.17, 15) is 50.4 Å². The summed E-state index contributed by atoms with van der Waals surface area (Å²) in [5, 5.41) is 21.0. The first-order chi connectivity index (χ1) is 52.3. The molecule has 0 aliphatic carbocycles. The fraction of sp³-hybridized carbons (Fsp3) is 0.108. The number of hydrogen-bond acceptors (Lipinski definition) is 6. The van der Waals surface area contributed by atoms with Gasteiger partial charge in [0.2, 0.25) is 12.3 Å². The quantitative estimate of drug-likeness (QED) is 0.0465. The first kappa shape index (κ1) is 98.1. The largest absolute Gasteiger partial charge is 1.00 e. The van der Waals surface area contributed by atoms with Crippen molar-refractivity contribution in [2.45, 2.75) is 29.5 Å². The van der Waals surface area contributed by atoms with Gasteiger partial charge in [-0.15, -0.1) is 0 Å². The number of benzene rings is 8. The molecule has 6 heterocycles. The monoisotopic (exact) mass is 1950 g/mol. The van der Waals surface area contributed by atoms with Crippen molar-refractivity contribution >= 4 is 155 Å². The fourth-order valence-electron chi connectivity index (χ4n) is 10.5. The van der Waals surface area contributed by atoms with Crippen molar-refractivity contribution in [3.8, 4) is 90.1 Å². The zero-order chi connectivity index (χ0) is 82.3. The zero-order valence-electron chi connectivity index (χ0n) is 58.1. The number of aryl methyl sites for hydroxylation is 2. The molecule has 0 aliphatic heterocycles. The van der Waals surface area contributed by atoms with Crippen LogP contribution in [0.1, 0.15) is 24.0 Å². The van der Waals surface area contributed by atoms with Gasteiger partial charge >= 0.3 is 100 Å². The third-order valence-corrected chi connectivity index (χ3v) is 14.6. The Balaban J connectivity index is 0.000000297. The minimum atomic E-state index is -10.7. The molecule has 0 bridgehead atoms. The van der Waals surface area contributed by atoms with E-state index in [2.05, 4.69) is 189 Å². The second kappa shape index (κ2) is 42.3. The van der Waals surface area contributed by atoms with Gasteiger partial charge in [-0.05, 0) is 46.5 Å². The van der Waals surface area contributed by atoms with Crippen LogP contribution in [0.5, 0.6) is 0 Å². The Morgan fingerprint density at radius 3 is 0.526 bits per heavy atom. The summed E-state index contributed by atoms with van der Waals surface area (Å²) >= 11 is 57.7. The van der Waals surface area contributed by atoms with E-state index in [1.165, 1.54) is 0 Å². The molecule has 616 valence electrons. The van der Waals surface area contributed by atoms with Crippen LogP contribution in [0, 0.1) is 0 Å². The van der Waals surface area contributed by atoms with Crippen molar-refractivity contribution in [1.29, 1.82) is 0 Å². The zero-order valence-corrected chi connectivity index (χ0v) is 70.9. The van der Waals surface area contributed by atoms with E-state index in [1.807, 2.05) is 145 Å². The average Bonchev–Trinajstić information content (AvgIpc) is 1.60. The number of hydrogen-bond donors (Lipinski definition) is 0. The molecule has 0 N–H and O–H groups in total. The van der Waals surface area contributed by atoms with Crippen LogP contribution in [0.15, 0.2) is 292 Å². The summed E-state index contributed by atoms with van der Waals surface area (Å²) < 4.78 is 128. The molecule has 0 atom stereocenters. The molecule has 0 aliphatic rings. The Morgan fingerprint density at radius 2 is 0.395 bits per heavy atom. The second-order valence-corrected chi connectivity index (χ2v) is 34.6. The summed E-state index contributed by atoms with van der Waals surface area (Å²) in [6.07, 6.45) is 6.67. The molecule has 40 heteroatoms. The minimum Gasteiger partial charge on any atom is 1.00 e. The van der Waals surface area contributed by atoms with E-state index >= 15 is 0 Å². The number of nitrogens with zero attached hydrogens (tertiary/aromatic N) is 12. The topological polar surface area (TPSA) is 107 Å². The summed E-state index contributed by atoms with van der Waals surface area (Å²) in [6, 6.07) is 91.3. The molecule has 0 fully saturated rings. The SMILES string of the molecule is ClC(Cl)Cl.ClC(Cl)Cl.ClC(Cl)Cl.ClC(Cl)Cl.Cn1ccnc1C(n1nc(-c2ccccc2)cc1-c1ccccc1)n1nc(-c2ccccc2)cc1-c1ccccc1.Cn1ccnc1C(n1nc(-c2ccccc2)cc1-c1ccccc1)n1nc(-c2ccccc2)cc1-c1ccccc1.F[P-](F)(F)(F)(F)F.F[P-](F)(F)(F)(F)F.[Cu+].[Cu+]. The Hall–Kier alpha value is -6.44. The van der Waals surface area contributed by atoms with Gasteiger partial charge in [0.15, 0.2) is 28.8 Å². The smallest absolute Gasteiger partial charge is 1.00 e. The molecule has 0 spiro atoms. The molecule has 114 heavy (non-hydrogen) atoms. The van der Waals surface area contributed by atoms with Gasteiger partial charge in [0, 0.05) is 61.1 Å². The van der Waals surface area contributed by atoms with Crippen molar-refractivity contribution in [2.24, 2.45) is 14.1 Å². The first-order valence-corrected chi connectivity index (χ1v) is 41.2. The summed E-state index contributed by atoms with van der Waals surface area (Å²) in [6.45, 7) is 0. The Kier molecular flexibility index (Phi) is 36.4. The third kappa shape index (κ3) is 35.0. The van der Waals surface area contributed by atoms with Crippen LogP contribution in [-0.2, 0) is 48.2 Å². The fourth-order valence-corrected chi connectivity index (χ4v) is 10.5. The normalized spacial score (nSPS) is 12.2. The summed E-state index contributed by atoms with van der Waals surface area (Å²) in [4.78, 5) is 9.69. The first-order valence-electron chi connectivity index (χ1n) is 31.9. The van der Waals surface area contributed by atoms with E-state index in [1.54, 1.807) is 0 Å². The van der Waals surface area contributed by atoms with Crippen molar-refractivity contribution in [3.63, 3.8) is 0 Å². The summed E-state index contributed by atoms with van der Waals surface area (Å²) in [5.74, 6) is 1.65. The van der Waals surface area contributed by atoms with Gasteiger partial charge < -0.3 is 9.13 Å². The van der Waals surface area contributed by atoms with Gasteiger partial charge in [0.05, 0.1) is 45.6 Å². The maximum absolute atomic E-state index is 10.7. The van der Waals surface area contributed by atoms with Crippen LogP contribution >= 0.6 is 155 Å². The van der Waals surface area contributed by atoms with Crippen LogP contribution in [0.2, 0.25) is 0 Å². The molecule has 12 nitrogen and oxygen atoms in total. The average molecular weight is 1960 g/mol. The van der Waals surface area contributed by atoms with Gasteiger partial charge in [-0.2, -0.15) is 20.4 Å². The van der Waals surface area contributed by atoms with Crippen molar-refractivity contribution in [3.05, 3.63) is 303 Å². The summed E-state index contributed by atoms with van der Waals surface area (Å²) in [7, 11) is -17.3. The van der Waals surface area contributed by atoms with Crippen LogP contribution in [0.3, 0.4) is 0 Å². The predicted molar refractivity (Wildman–Crippen MR) is 438 cm³/mol. The van der Waals surface area contributed by atoms with Crippen LogP contribution in [0.4, 0.5) is 50.4 Å². The molecule has 0 saturated carbocycles. The molecule has 0 amide bonds. The van der Waals surface area contributed by atoms with Crippen molar-refractivity contribution in [2.75, 3.05) is 0 Å².